The Hall–Kier alpha value is -2.36. The normalized spacial score (nSPS) is 16.9. The molecule has 0 spiro atoms. The van der Waals surface area contributed by atoms with E-state index in [0.29, 0.717) is 53.9 Å². The van der Waals surface area contributed by atoms with Gasteiger partial charge in [0.2, 0.25) is 0 Å². The highest BCUT2D eigenvalue weighted by molar-refractivity contribution is 6.74. The van der Waals surface area contributed by atoms with Gasteiger partial charge in [-0.05, 0) is 50.4 Å². The number of esters is 2. The molecule has 1 aromatic rings. The predicted molar refractivity (Wildman–Crippen MR) is 145 cm³/mol. The molecule has 1 N–H and O–H groups in total. The molecule has 0 aromatic heterocycles. The maximum Gasteiger partial charge on any atom is 0.342 e. The Morgan fingerprint density at radius 2 is 1.86 bits per heavy atom. The summed E-state index contributed by atoms with van der Waals surface area (Å²) in [7, 11) is -2.31. The zero-order valence-corrected chi connectivity index (χ0v) is 24.5. The van der Waals surface area contributed by atoms with E-state index in [4.69, 9.17) is 18.6 Å². The number of nitrogens with zero attached hydrogens (tertiary/aromatic N) is 1. The Morgan fingerprint density at radius 3 is 2.51 bits per heavy atom. The van der Waals surface area contributed by atoms with E-state index in [1.165, 1.54) is 0 Å². The first kappa shape index (κ1) is 29.2. The Labute approximate surface area is 222 Å². The van der Waals surface area contributed by atoms with Gasteiger partial charge in [-0.25, -0.2) is 4.79 Å². The first-order valence-corrected chi connectivity index (χ1v) is 16.1. The van der Waals surface area contributed by atoms with Gasteiger partial charge < -0.3 is 23.7 Å². The van der Waals surface area contributed by atoms with Gasteiger partial charge >= 0.3 is 11.9 Å². The molecule has 0 saturated carbocycles. The number of allylic oxidation sites excluding steroid dienone is 2. The van der Waals surface area contributed by atoms with Gasteiger partial charge in [-0.1, -0.05) is 32.4 Å². The summed E-state index contributed by atoms with van der Waals surface area (Å²) in [6, 6.07) is 0. The van der Waals surface area contributed by atoms with Crippen molar-refractivity contribution < 1.29 is 33.3 Å². The van der Waals surface area contributed by atoms with Crippen molar-refractivity contribution in [2.45, 2.75) is 78.6 Å². The molecule has 1 fully saturated rings. The van der Waals surface area contributed by atoms with Gasteiger partial charge in [0.25, 0.3) is 8.32 Å². The lowest BCUT2D eigenvalue weighted by Crippen LogP contribution is -2.44. The second-order valence-corrected chi connectivity index (χ2v) is 16.2. The molecule has 9 heteroatoms. The number of hydrogen-bond donors (Lipinski definition) is 1. The van der Waals surface area contributed by atoms with Crippen LogP contribution in [0.25, 0.3) is 0 Å². The van der Waals surface area contributed by atoms with Gasteiger partial charge in [0.1, 0.15) is 30.3 Å². The number of cyclic esters (lactones) is 1. The second kappa shape index (κ2) is 12.0. The Kier molecular flexibility index (Phi) is 9.47. The predicted octanol–water partition coefficient (Wildman–Crippen LogP) is 4.90. The molecule has 0 amide bonds. The van der Waals surface area contributed by atoms with Crippen molar-refractivity contribution in [1.82, 2.24) is 4.90 Å². The third-order valence-electron chi connectivity index (χ3n) is 7.76. The van der Waals surface area contributed by atoms with Gasteiger partial charge in [0, 0.05) is 37.2 Å². The quantitative estimate of drug-likeness (QED) is 0.258. The van der Waals surface area contributed by atoms with E-state index in [0.717, 1.165) is 38.4 Å². The maximum atomic E-state index is 12.7. The van der Waals surface area contributed by atoms with Gasteiger partial charge in [0.15, 0.2) is 0 Å². The van der Waals surface area contributed by atoms with Crippen molar-refractivity contribution in [1.29, 1.82) is 0 Å². The van der Waals surface area contributed by atoms with Gasteiger partial charge in [0.05, 0.1) is 13.2 Å². The largest absolute Gasteiger partial charge is 0.543 e. The third-order valence-corrected chi connectivity index (χ3v) is 12.1. The third kappa shape index (κ3) is 7.15. The molecule has 0 unspecified atom stereocenters. The molecule has 1 aromatic carbocycles. The van der Waals surface area contributed by atoms with Gasteiger partial charge in [-0.15, -0.1) is 0 Å². The molecule has 0 radical (unpaired) electrons. The minimum atomic E-state index is -2.31. The van der Waals surface area contributed by atoms with Crippen LogP contribution in [0.3, 0.4) is 0 Å². The van der Waals surface area contributed by atoms with Crippen molar-refractivity contribution in [3.05, 3.63) is 33.9 Å². The number of carbonyl (C=O) groups is 2. The topological polar surface area (TPSA) is 94.5 Å². The number of fused-ring (bicyclic) bond motifs is 1. The molecule has 3 rings (SSSR count). The van der Waals surface area contributed by atoms with E-state index in [1.807, 2.05) is 13.0 Å². The number of aromatic hydroxyl groups is 1. The fraction of sp³-hybridized carbons (Fsp3) is 0.643. The number of phenolic OH excluding ortho intramolecular Hbond substituents is 1. The van der Waals surface area contributed by atoms with Crippen LogP contribution in [-0.4, -0.2) is 69.7 Å². The summed E-state index contributed by atoms with van der Waals surface area (Å²) >= 11 is 0. The molecule has 206 valence electrons. The van der Waals surface area contributed by atoms with E-state index in [9.17, 15) is 14.7 Å². The molecular formula is C28H43NO7Si. The fourth-order valence-corrected chi connectivity index (χ4v) is 5.17. The van der Waals surface area contributed by atoms with Crippen LogP contribution in [-0.2, 0) is 32.0 Å². The molecule has 0 aliphatic carbocycles. The number of benzene rings is 1. The van der Waals surface area contributed by atoms with Crippen LogP contribution in [0, 0.1) is 6.92 Å². The number of hydrogen-bond acceptors (Lipinski definition) is 8. The summed E-state index contributed by atoms with van der Waals surface area (Å²) in [5.74, 6) is -0.0494. The van der Waals surface area contributed by atoms with E-state index >= 15 is 0 Å². The summed E-state index contributed by atoms with van der Waals surface area (Å²) < 4.78 is 22.7. The Balaban J connectivity index is 1.70. The molecule has 2 aliphatic rings. The average molecular weight is 534 g/mol. The average Bonchev–Trinajstić information content (AvgIpc) is 3.22. The first-order valence-electron chi connectivity index (χ1n) is 13.2. The monoisotopic (exact) mass is 533 g/mol. The number of phenols is 1. The zero-order valence-electron chi connectivity index (χ0n) is 23.5. The Bertz CT molecular complexity index is 1040. The van der Waals surface area contributed by atoms with Gasteiger partial charge in [-0.2, -0.15) is 0 Å². The summed E-state index contributed by atoms with van der Waals surface area (Å²) in [5, 5.41) is 11.0. The zero-order chi connectivity index (χ0) is 27.4. The van der Waals surface area contributed by atoms with E-state index in [-0.39, 0.29) is 23.4 Å². The van der Waals surface area contributed by atoms with Crippen LogP contribution >= 0.6 is 0 Å². The molecule has 2 aliphatic heterocycles. The van der Waals surface area contributed by atoms with Gasteiger partial charge in [-0.3, -0.25) is 9.69 Å². The second-order valence-electron chi connectivity index (χ2n) is 11.5. The lowest BCUT2D eigenvalue weighted by Gasteiger charge is -2.37. The number of rotatable bonds is 10. The summed E-state index contributed by atoms with van der Waals surface area (Å²) in [4.78, 5) is 27.2. The smallest absolute Gasteiger partial charge is 0.342 e. The van der Waals surface area contributed by atoms with Crippen LogP contribution in [0.4, 0.5) is 0 Å². The lowest BCUT2D eigenvalue weighted by molar-refractivity contribution is -0.144. The highest BCUT2D eigenvalue weighted by atomic mass is 28.4. The fourth-order valence-electron chi connectivity index (χ4n) is 4.13. The van der Waals surface area contributed by atoms with Crippen LogP contribution in [0.2, 0.25) is 18.1 Å². The van der Waals surface area contributed by atoms with Crippen molar-refractivity contribution in [3.63, 3.8) is 0 Å². The van der Waals surface area contributed by atoms with Crippen molar-refractivity contribution in [2.24, 2.45) is 0 Å². The molecular weight excluding hydrogens is 490 g/mol. The lowest BCUT2D eigenvalue weighted by atomic mass is 9.95. The number of carbonyl (C=O) groups excluding carboxylic acids is 2. The summed E-state index contributed by atoms with van der Waals surface area (Å²) in [5.41, 5.74) is 3.37. The van der Waals surface area contributed by atoms with Crippen LogP contribution in [0.15, 0.2) is 11.6 Å². The molecule has 37 heavy (non-hydrogen) atoms. The van der Waals surface area contributed by atoms with Crippen LogP contribution in [0.5, 0.6) is 11.5 Å². The van der Waals surface area contributed by atoms with Crippen molar-refractivity contribution in [3.8, 4) is 11.5 Å². The molecule has 1 saturated heterocycles. The first-order chi connectivity index (χ1) is 17.3. The minimum absolute atomic E-state index is 0.0892. The molecule has 8 nitrogen and oxygen atoms in total. The van der Waals surface area contributed by atoms with E-state index in [1.54, 1.807) is 6.92 Å². The summed E-state index contributed by atoms with van der Waals surface area (Å²) in [6.07, 6.45) is 3.22. The van der Waals surface area contributed by atoms with Crippen LogP contribution < -0.4 is 4.43 Å². The molecule has 0 atom stereocenters. The minimum Gasteiger partial charge on any atom is -0.543 e. The van der Waals surface area contributed by atoms with Crippen LogP contribution in [0.1, 0.15) is 67.6 Å². The molecule has 0 bridgehead atoms. The standard InChI is InChI=1S/C28H43NO7Si/c1-19(9-11-23(30)34-17-14-29-12-15-33-16-13-29)8-10-21-25(31)20(2)22-18-35-27(32)24(22)26(21)36-37(6,7)28(3,4)5/h8,31H,9-18H2,1-7H3. The maximum absolute atomic E-state index is 12.7. The SMILES string of the molecule is CC(=CCc1c(O)c(C)c2c(c1O[Si](C)(C)C(C)(C)C)C(=O)OC2)CCC(=O)OCCN1CCOCC1. The molecule has 2 heterocycles. The summed E-state index contributed by atoms with van der Waals surface area (Å²) in [6.45, 7) is 18.8. The highest BCUT2D eigenvalue weighted by Gasteiger charge is 2.42. The number of morpholine rings is 1. The van der Waals surface area contributed by atoms with E-state index in [2.05, 4.69) is 38.8 Å². The van der Waals surface area contributed by atoms with Crippen molar-refractivity contribution >= 4 is 20.3 Å². The Morgan fingerprint density at radius 1 is 1.19 bits per heavy atom. The van der Waals surface area contributed by atoms with E-state index < -0.39 is 14.3 Å². The highest BCUT2D eigenvalue weighted by Crippen LogP contribution is 2.46. The number of ether oxygens (including phenoxy) is 3. The van der Waals surface area contributed by atoms with Crippen molar-refractivity contribution in [2.75, 3.05) is 39.5 Å².